The molecule has 0 aliphatic rings. The summed E-state index contributed by atoms with van der Waals surface area (Å²) in [6.07, 6.45) is 0. The average molecular weight is 231 g/mol. The van der Waals surface area contributed by atoms with Gasteiger partial charge in [0.15, 0.2) is 0 Å². The molecule has 3 nitrogen and oxygen atoms in total. The first-order chi connectivity index (χ1) is 7.99. The quantitative estimate of drug-likeness (QED) is 0.851. The number of aromatic amines is 1. The van der Waals surface area contributed by atoms with Gasteiger partial charge in [0, 0.05) is 11.2 Å². The molecule has 0 spiro atoms. The first-order valence-electron chi connectivity index (χ1n) is 5.81. The van der Waals surface area contributed by atoms with Crippen LogP contribution in [0.25, 0.3) is 10.9 Å². The highest BCUT2D eigenvalue weighted by atomic mass is 16.4. The van der Waals surface area contributed by atoms with Crippen LogP contribution in [0.5, 0.6) is 0 Å². The summed E-state index contributed by atoms with van der Waals surface area (Å²) in [4.78, 5) is 14.5. The SMILES string of the molecule is Cc1cc2cc(C(C(=O)O)C(C)C)ccc2[nH]1. The van der Waals surface area contributed by atoms with Crippen LogP contribution in [0.15, 0.2) is 24.3 Å². The molecular formula is C14H17NO2. The van der Waals surface area contributed by atoms with Crippen LogP contribution < -0.4 is 0 Å². The number of fused-ring (bicyclic) bond motifs is 1. The molecule has 1 unspecified atom stereocenters. The second kappa shape index (κ2) is 4.24. The van der Waals surface area contributed by atoms with Crippen molar-refractivity contribution in [1.29, 1.82) is 0 Å². The molecule has 0 amide bonds. The third kappa shape index (κ3) is 2.18. The fourth-order valence-electron chi connectivity index (χ4n) is 2.30. The van der Waals surface area contributed by atoms with Gasteiger partial charge in [-0.05, 0) is 42.0 Å². The Morgan fingerprint density at radius 1 is 1.29 bits per heavy atom. The molecule has 90 valence electrons. The number of aliphatic carboxylic acids is 1. The van der Waals surface area contributed by atoms with Crippen molar-refractivity contribution < 1.29 is 9.90 Å². The lowest BCUT2D eigenvalue weighted by Crippen LogP contribution is -2.17. The highest BCUT2D eigenvalue weighted by Crippen LogP contribution is 2.27. The van der Waals surface area contributed by atoms with Gasteiger partial charge < -0.3 is 10.1 Å². The van der Waals surface area contributed by atoms with Crippen molar-refractivity contribution in [3.05, 3.63) is 35.5 Å². The second-order valence-electron chi connectivity index (χ2n) is 4.86. The molecule has 3 heteroatoms. The molecule has 0 aliphatic carbocycles. The number of carboxylic acids is 1. The summed E-state index contributed by atoms with van der Waals surface area (Å²) in [6, 6.07) is 7.86. The lowest BCUT2D eigenvalue weighted by Gasteiger charge is -2.16. The minimum absolute atomic E-state index is 0.0880. The van der Waals surface area contributed by atoms with Crippen LogP contribution in [0.4, 0.5) is 0 Å². The number of nitrogens with one attached hydrogen (secondary N) is 1. The van der Waals surface area contributed by atoms with E-state index in [-0.39, 0.29) is 5.92 Å². The first-order valence-corrected chi connectivity index (χ1v) is 5.81. The van der Waals surface area contributed by atoms with E-state index < -0.39 is 11.9 Å². The maximum absolute atomic E-state index is 11.3. The largest absolute Gasteiger partial charge is 0.481 e. The third-order valence-electron chi connectivity index (χ3n) is 3.07. The molecule has 1 heterocycles. The summed E-state index contributed by atoms with van der Waals surface area (Å²) in [7, 11) is 0. The van der Waals surface area contributed by atoms with E-state index in [2.05, 4.69) is 4.98 Å². The fourth-order valence-corrected chi connectivity index (χ4v) is 2.30. The lowest BCUT2D eigenvalue weighted by atomic mass is 9.88. The Labute approximate surface area is 100 Å². The fraction of sp³-hybridized carbons (Fsp3) is 0.357. The summed E-state index contributed by atoms with van der Waals surface area (Å²) < 4.78 is 0. The molecule has 1 aromatic heterocycles. The van der Waals surface area contributed by atoms with Gasteiger partial charge in [0.25, 0.3) is 0 Å². The van der Waals surface area contributed by atoms with E-state index in [1.54, 1.807) is 0 Å². The Balaban J connectivity index is 2.50. The van der Waals surface area contributed by atoms with Gasteiger partial charge in [0.05, 0.1) is 5.92 Å². The van der Waals surface area contributed by atoms with Crippen molar-refractivity contribution >= 4 is 16.9 Å². The smallest absolute Gasteiger partial charge is 0.311 e. The van der Waals surface area contributed by atoms with Gasteiger partial charge in [-0.2, -0.15) is 0 Å². The van der Waals surface area contributed by atoms with Crippen LogP contribution in [0.2, 0.25) is 0 Å². The highest BCUT2D eigenvalue weighted by Gasteiger charge is 2.23. The highest BCUT2D eigenvalue weighted by molar-refractivity contribution is 5.84. The zero-order valence-corrected chi connectivity index (χ0v) is 10.3. The molecule has 1 atom stereocenters. The summed E-state index contributed by atoms with van der Waals surface area (Å²) in [5, 5.41) is 10.3. The third-order valence-corrected chi connectivity index (χ3v) is 3.07. The van der Waals surface area contributed by atoms with Crippen LogP contribution in [0.3, 0.4) is 0 Å². The van der Waals surface area contributed by atoms with E-state index in [0.717, 1.165) is 22.2 Å². The molecule has 0 saturated heterocycles. The minimum atomic E-state index is -0.758. The van der Waals surface area contributed by atoms with Crippen molar-refractivity contribution in [2.24, 2.45) is 5.92 Å². The number of hydrogen-bond donors (Lipinski definition) is 2. The Morgan fingerprint density at radius 2 is 2.00 bits per heavy atom. The van der Waals surface area contributed by atoms with Crippen molar-refractivity contribution in [2.45, 2.75) is 26.7 Å². The van der Waals surface area contributed by atoms with Gasteiger partial charge >= 0.3 is 5.97 Å². The van der Waals surface area contributed by atoms with Crippen LogP contribution in [0.1, 0.15) is 31.0 Å². The van der Waals surface area contributed by atoms with E-state index in [9.17, 15) is 9.90 Å². The maximum Gasteiger partial charge on any atom is 0.311 e. The molecule has 2 aromatic rings. The summed E-state index contributed by atoms with van der Waals surface area (Å²) in [5.41, 5.74) is 3.02. The second-order valence-corrected chi connectivity index (χ2v) is 4.86. The van der Waals surface area contributed by atoms with Gasteiger partial charge in [-0.25, -0.2) is 0 Å². The van der Waals surface area contributed by atoms with Crippen LogP contribution in [-0.2, 0) is 4.79 Å². The molecule has 1 aromatic carbocycles. The molecule has 0 saturated carbocycles. The summed E-state index contributed by atoms with van der Waals surface area (Å²) in [6.45, 7) is 5.87. The monoisotopic (exact) mass is 231 g/mol. The van der Waals surface area contributed by atoms with E-state index in [1.807, 2.05) is 45.0 Å². The lowest BCUT2D eigenvalue weighted by molar-refractivity contribution is -0.139. The zero-order chi connectivity index (χ0) is 12.6. The van der Waals surface area contributed by atoms with Gasteiger partial charge in [-0.15, -0.1) is 0 Å². The molecule has 0 bridgehead atoms. The molecular weight excluding hydrogens is 214 g/mol. The van der Waals surface area contributed by atoms with E-state index >= 15 is 0 Å². The van der Waals surface area contributed by atoms with Gasteiger partial charge in [-0.3, -0.25) is 4.79 Å². The average Bonchev–Trinajstić information content (AvgIpc) is 2.56. The van der Waals surface area contributed by atoms with Crippen LogP contribution in [0, 0.1) is 12.8 Å². The topological polar surface area (TPSA) is 53.1 Å². The molecule has 17 heavy (non-hydrogen) atoms. The molecule has 0 fully saturated rings. The number of rotatable bonds is 3. The van der Waals surface area contributed by atoms with Crippen molar-refractivity contribution in [3.63, 3.8) is 0 Å². The van der Waals surface area contributed by atoms with Crippen molar-refractivity contribution in [1.82, 2.24) is 4.98 Å². The normalized spacial score (nSPS) is 13.2. The number of aryl methyl sites for hydroxylation is 1. The van der Waals surface area contributed by atoms with Gasteiger partial charge in [0.1, 0.15) is 0 Å². The summed E-state index contributed by atoms with van der Waals surface area (Å²) >= 11 is 0. The van der Waals surface area contributed by atoms with Gasteiger partial charge in [0.2, 0.25) is 0 Å². The van der Waals surface area contributed by atoms with E-state index in [0.29, 0.717) is 0 Å². The Morgan fingerprint density at radius 3 is 2.59 bits per heavy atom. The minimum Gasteiger partial charge on any atom is -0.481 e. The maximum atomic E-state index is 11.3. The summed E-state index contributed by atoms with van der Waals surface area (Å²) in [5.74, 6) is -1.11. The Bertz CT molecular complexity index is 554. The van der Waals surface area contributed by atoms with Crippen LogP contribution in [-0.4, -0.2) is 16.1 Å². The molecule has 2 rings (SSSR count). The van der Waals surface area contributed by atoms with E-state index in [1.165, 1.54) is 0 Å². The Hall–Kier alpha value is -1.77. The molecule has 0 radical (unpaired) electrons. The van der Waals surface area contributed by atoms with Gasteiger partial charge in [-0.1, -0.05) is 19.9 Å². The number of H-pyrrole nitrogens is 1. The van der Waals surface area contributed by atoms with Crippen LogP contribution >= 0.6 is 0 Å². The number of carbonyl (C=O) groups is 1. The zero-order valence-electron chi connectivity index (χ0n) is 10.3. The molecule has 2 N–H and O–H groups in total. The number of benzene rings is 1. The molecule has 0 aliphatic heterocycles. The van der Waals surface area contributed by atoms with E-state index in [4.69, 9.17) is 0 Å². The number of carboxylic acid groups (broad SMARTS) is 1. The number of aromatic nitrogens is 1. The Kier molecular flexibility index (Phi) is 2.92. The predicted octanol–water partition coefficient (Wildman–Crippen LogP) is 3.30. The predicted molar refractivity (Wildman–Crippen MR) is 68.3 cm³/mol. The van der Waals surface area contributed by atoms with Crippen molar-refractivity contribution in [3.8, 4) is 0 Å². The number of hydrogen-bond acceptors (Lipinski definition) is 1. The standard InChI is InChI=1S/C14H17NO2/c1-8(2)13(14(16)17)10-4-5-12-11(7-10)6-9(3)15-12/h4-8,13,15H,1-3H3,(H,16,17). The van der Waals surface area contributed by atoms with Crippen molar-refractivity contribution in [2.75, 3.05) is 0 Å². The first kappa shape index (κ1) is 11.7.